The number of nitrogens with zero attached hydrogens (tertiary/aromatic N) is 1. The second-order valence-corrected chi connectivity index (χ2v) is 9.07. The summed E-state index contributed by atoms with van der Waals surface area (Å²) in [7, 11) is 0. The Hall–Kier alpha value is -3.63. The van der Waals surface area contributed by atoms with E-state index in [2.05, 4.69) is 101 Å². The lowest BCUT2D eigenvalue weighted by molar-refractivity contribution is 0.0882. The first-order valence-electron chi connectivity index (χ1n) is 12.0. The van der Waals surface area contributed by atoms with Gasteiger partial charge in [0.1, 0.15) is 0 Å². The Morgan fingerprint density at radius 1 is 0.794 bits per heavy atom. The van der Waals surface area contributed by atoms with Crippen molar-refractivity contribution in [2.75, 3.05) is 19.6 Å². The smallest absolute Gasteiger partial charge is 0.287 e. The lowest BCUT2D eigenvalue weighted by atomic mass is 9.72. The van der Waals surface area contributed by atoms with E-state index in [1.807, 2.05) is 0 Å². The number of furan rings is 1. The van der Waals surface area contributed by atoms with Gasteiger partial charge in [-0.3, -0.25) is 9.69 Å². The average molecular weight is 451 g/mol. The fourth-order valence-corrected chi connectivity index (χ4v) is 5.20. The predicted molar refractivity (Wildman–Crippen MR) is 135 cm³/mol. The van der Waals surface area contributed by atoms with Crippen molar-refractivity contribution >= 4 is 5.91 Å². The second-order valence-electron chi connectivity index (χ2n) is 9.07. The molecule has 0 spiro atoms. The quantitative estimate of drug-likeness (QED) is 0.385. The van der Waals surface area contributed by atoms with Crippen molar-refractivity contribution in [1.82, 2.24) is 10.2 Å². The zero-order valence-corrected chi connectivity index (χ0v) is 19.3. The Labute approximate surface area is 201 Å². The molecule has 0 radical (unpaired) electrons. The van der Waals surface area contributed by atoms with Gasteiger partial charge in [0, 0.05) is 12.0 Å². The van der Waals surface area contributed by atoms with E-state index >= 15 is 0 Å². The summed E-state index contributed by atoms with van der Waals surface area (Å²) in [4.78, 5) is 15.2. The molecule has 2 heterocycles. The molecule has 1 fully saturated rings. The molecule has 1 saturated heterocycles. The lowest BCUT2D eigenvalue weighted by Crippen LogP contribution is -2.49. The van der Waals surface area contributed by atoms with Crippen LogP contribution in [0.15, 0.2) is 114 Å². The van der Waals surface area contributed by atoms with Crippen LogP contribution in [0, 0.1) is 0 Å². The van der Waals surface area contributed by atoms with E-state index in [9.17, 15) is 4.79 Å². The second kappa shape index (κ2) is 10.1. The van der Waals surface area contributed by atoms with Gasteiger partial charge in [-0.05, 0) is 54.8 Å². The Morgan fingerprint density at radius 3 is 1.88 bits per heavy atom. The fourth-order valence-electron chi connectivity index (χ4n) is 5.20. The van der Waals surface area contributed by atoms with Crippen LogP contribution in [0.25, 0.3) is 0 Å². The van der Waals surface area contributed by atoms with Crippen LogP contribution < -0.4 is 5.32 Å². The van der Waals surface area contributed by atoms with E-state index in [0.29, 0.717) is 12.3 Å². The number of benzene rings is 3. The van der Waals surface area contributed by atoms with Gasteiger partial charge in [-0.15, -0.1) is 0 Å². The van der Waals surface area contributed by atoms with E-state index in [1.54, 1.807) is 12.1 Å². The van der Waals surface area contributed by atoms with Crippen LogP contribution in [0.5, 0.6) is 0 Å². The van der Waals surface area contributed by atoms with Gasteiger partial charge in [0.05, 0.1) is 12.3 Å². The average Bonchev–Trinajstić information content (AvgIpc) is 3.46. The molecule has 0 unspecified atom stereocenters. The molecule has 0 aliphatic carbocycles. The normalized spacial score (nSPS) is 15.8. The van der Waals surface area contributed by atoms with Crippen molar-refractivity contribution in [3.8, 4) is 0 Å². The van der Waals surface area contributed by atoms with E-state index in [4.69, 9.17) is 4.42 Å². The summed E-state index contributed by atoms with van der Waals surface area (Å²) in [5, 5.41) is 3.15. The van der Waals surface area contributed by atoms with E-state index in [0.717, 1.165) is 25.9 Å². The molecule has 4 nitrogen and oxygen atoms in total. The van der Waals surface area contributed by atoms with Crippen molar-refractivity contribution in [2.45, 2.75) is 24.3 Å². The zero-order valence-electron chi connectivity index (χ0n) is 19.3. The summed E-state index contributed by atoms with van der Waals surface area (Å²) in [5.74, 6) is 0.197. The molecule has 1 aromatic heterocycles. The van der Waals surface area contributed by atoms with Crippen molar-refractivity contribution in [3.05, 3.63) is 132 Å². The number of nitrogens with one attached hydrogen (secondary N) is 1. The molecule has 34 heavy (non-hydrogen) atoms. The minimum Gasteiger partial charge on any atom is -0.459 e. The van der Waals surface area contributed by atoms with Crippen LogP contribution >= 0.6 is 0 Å². The van der Waals surface area contributed by atoms with E-state index in [1.165, 1.54) is 23.0 Å². The number of carbonyl (C=O) groups is 1. The first-order valence-corrected chi connectivity index (χ1v) is 12.0. The first-order chi connectivity index (χ1) is 16.8. The molecule has 0 atom stereocenters. The molecule has 4 heteroatoms. The summed E-state index contributed by atoms with van der Waals surface area (Å²) < 4.78 is 5.30. The molecule has 1 amide bonds. The fraction of sp³-hybridized carbons (Fsp3) is 0.233. The predicted octanol–water partition coefficient (Wildman–Crippen LogP) is 5.83. The molecule has 4 aromatic rings. The molecule has 5 rings (SSSR count). The van der Waals surface area contributed by atoms with Gasteiger partial charge in [-0.2, -0.15) is 0 Å². The van der Waals surface area contributed by atoms with Gasteiger partial charge in [-0.25, -0.2) is 0 Å². The van der Waals surface area contributed by atoms with Crippen LogP contribution in [-0.4, -0.2) is 30.4 Å². The number of likely N-dealkylation sites (tertiary alicyclic amines) is 1. The van der Waals surface area contributed by atoms with Gasteiger partial charge < -0.3 is 9.73 Å². The number of rotatable bonds is 7. The van der Waals surface area contributed by atoms with E-state index < -0.39 is 0 Å². The molecule has 172 valence electrons. The standard InChI is InChI=1S/C30H30N2O2/c33-29(27-17-10-22-34-27)31-23-30(26-15-8-3-9-16-26)18-20-32(21-19-30)28(24-11-4-1-5-12-24)25-13-6-2-7-14-25/h1-17,22,28H,18-21,23H2,(H,31,33). The molecule has 1 aliphatic heterocycles. The van der Waals surface area contributed by atoms with Crippen molar-refractivity contribution in [2.24, 2.45) is 0 Å². The molecule has 1 aliphatic rings. The highest BCUT2D eigenvalue weighted by molar-refractivity contribution is 5.91. The third-order valence-electron chi connectivity index (χ3n) is 7.07. The van der Waals surface area contributed by atoms with Crippen LogP contribution in [0.2, 0.25) is 0 Å². The first kappa shape index (κ1) is 22.2. The largest absolute Gasteiger partial charge is 0.459 e. The van der Waals surface area contributed by atoms with Crippen molar-refractivity contribution < 1.29 is 9.21 Å². The molecule has 3 aromatic carbocycles. The monoisotopic (exact) mass is 450 g/mol. The maximum absolute atomic E-state index is 12.6. The van der Waals surface area contributed by atoms with Crippen LogP contribution in [0.4, 0.5) is 0 Å². The number of carbonyl (C=O) groups excluding carboxylic acids is 1. The molecule has 1 N–H and O–H groups in total. The summed E-state index contributed by atoms with van der Waals surface area (Å²) >= 11 is 0. The Bertz CT molecular complexity index is 1130. The topological polar surface area (TPSA) is 45.5 Å². The maximum atomic E-state index is 12.6. The van der Waals surface area contributed by atoms with Crippen LogP contribution in [0.3, 0.4) is 0 Å². The SMILES string of the molecule is O=C(NCC1(c2ccccc2)CCN(C(c2ccccc2)c2ccccc2)CC1)c1ccco1. The van der Waals surface area contributed by atoms with Gasteiger partial charge in [0.25, 0.3) is 5.91 Å². The number of piperidine rings is 1. The molecule has 0 bridgehead atoms. The third kappa shape index (κ3) is 4.68. The van der Waals surface area contributed by atoms with Gasteiger partial charge in [0.15, 0.2) is 5.76 Å². The highest BCUT2D eigenvalue weighted by Crippen LogP contribution is 2.39. The lowest BCUT2D eigenvalue weighted by Gasteiger charge is -2.45. The van der Waals surface area contributed by atoms with Crippen molar-refractivity contribution in [1.29, 1.82) is 0 Å². The Kier molecular flexibility index (Phi) is 6.59. The van der Waals surface area contributed by atoms with Gasteiger partial charge >= 0.3 is 0 Å². The van der Waals surface area contributed by atoms with Crippen LogP contribution in [-0.2, 0) is 5.41 Å². The van der Waals surface area contributed by atoms with Gasteiger partial charge in [-0.1, -0.05) is 91.0 Å². The molecular formula is C30H30N2O2. The van der Waals surface area contributed by atoms with Gasteiger partial charge in [0.2, 0.25) is 0 Å². The Balaban J connectivity index is 1.39. The van der Waals surface area contributed by atoms with E-state index in [-0.39, 0.29) is 17.4 Å². The number of hydrogen-bond donors (Lipinski definition) is 1. The van der Waals surface area contributed by atoms with Crippen molar-refractivity contribution in [3.63, 3.8) is 0 Å². The Morgan fingerprint density at radius 2 is 1.35 bits per heavy atom. The minimum atomic E-state index is -0.158. The highest BCUT2D eigenvalue weighted by Gasteiger charge is 2.39. The third-order valence-corrected chi connectivity index (χ3v) is 7.07. The summed E-state index contributed by atoms with van der Waals surface area (Å²) in [5.41, 5.74) is 3.79. The highest BCUT2D eigenvalue weighted by atomic mass is 16.3. The zero-order chi connectivity index (χ0) is 23.2. The van der Waals surface area contributed by atoms with Crippen LogP contribution in [0.1, 0.15) is 46.1 Å². The number of amides is 1. The molecular weight excluding hydrogens is 420 g/mol. The molecule has 0 saturated carbocycles. The minimum absolute atomic E-state index is 0.113. The maximum Gasteiger partial charge on any atom is 0.287 e. The summed E-state index contributed by atoms with van der Waals surface area (Å²) in [6.45, 7) is 2.48. The number of hydrogen-bond acceptors (Lipinski definition) is 3. The summed E-state index contributed by atoms with van der Waals surface area (Å²) in [6.07, 6.45) is 3.46. The summed E-state index contributed by atoms with van der Waals surface area (Å²) in [6, 6.07) is 35.8.